The van der Waals surface area contributed by atoms with Gasteiger partial charge in [-0.25, -0.2) is 25.9 Å². The average Bonchev–Trinajstić information content (AvgIpc) is 3.73. The monoisotopic (exact) mass is 652 g/mol. The Bertz CT molecular complexity index is 1850. The quantitative estimate of drug-likeness (QED) is 0.285. The Morgan fingerprint density at radius 1 is 0.756 bits per heavy atom. The molecule has 12 heteroatoms. The van der Waals surface area contributed by atoms with Crippen LogP contribution in [0.25, 0.3) is 0 Å². The van der Waals surface area contributed by atoms with Crippen LogP contribution in [0.5, 0.6) is 11.5 Å². The van der Waals surface area contributed by atoms with E-state index in [4.69, 9.17) is 9.47 Å². The van der Waals surface area contributed by atoms with Gasteiger partial charge >= 0.3 is 6.03 Å². The number of hydrogen-bond acceptors (Lipinski definition) is 8. The number of urea groups is 1. The summed E-state index contributed by atoms with van der Waals surface area (Å²) in [5.74, 6) is -0.313. The van der Waals surface area contributed by atoms with Crippen molar-refractivity contribution in [2.45, 2.75) is 86.1 Å². The lowest BCUT2D eigenvalue weighted by Crippen LogP contribution is -2.50. The van der Waals surface area contributed by atoms with Crippen molar-refractivity contribution >= 4 is 32.0 Å². The van der Waals surface area contributed by atoms with Crippen molar-refractivity contribution in [3.8, 4) is 11.5 Å². The number of aryl methyl sites for hydroxylation is 2. The van der Waals surface area contributed by atoms with Gasteiger partial charge in [-0.05, 0) is 107 Å². The molecule has 0 N–H and O–H groups in total. The molecule has 0 radical (unpaired) electrons. The third-order valence-electron chi connectivity index (χ3n) is 9.18. The predicted octanol–water partition coefficient (Wildman–Crippen LogP) is 5.68. The van der Waals surface area contributed by atoms with Crippen LogP contribution in [0.3, 0.4) is 0 Å². The van der Waals surface area contributed by atoms with Crippen LogP contribution in [-0.4, -0.2) is 56.1 Å². The number of amides is 3. The second-order valence-electron chi connectivity index (χ2n) is 12.2. The molecule has 2 atom stereocenters. The number of sulfonamides is 2. The van der Waals surface area contributed by atoms with Crippen molar-refractivity contribution in [1.82, 2.24) is 8.61 Å². The molecule has 1 aliphatic heterocycles. The van der Waals surface area contributed by atoms with Crippen LogP contribution in [0.1, 0.15) is 67.6 Å². The Balaban J connectivity index is 1.42. The minimum Gasteiger partial charge on any atom is -0.493 e. The first-order chi connectivity index (χ1) is 21.4. The third kappa shape index (κ3) is 5.27. The van der Waals surface area contributed by atoms with Crippen molar-refractivity contribution in [1.29, 1.82) is 0 Å². The second-order valence-corrected chi connectivity index (χ2v) is 15.7. The number of carbonyl (C=O) groups excluding carboxylic acids is 2. The van der Waals surface area contributed by atoms with Crippen molar-refractivity contribution in [2.75, 3.05) is 7.11 Å². The molecule has 3 aromatic rings. The van der Waals surface area contributed by atoms with Gasteiger partial charge in [-0.15, -0.1) is 4.31 Å². The summed E-state index contributed by atoms with van der Waals surface area (Å²) in [6.45, 7) is 3.56. The van der Waals surface area contributed by atoms with E-state index in [1.807, 2.05) is 12.1 Å². The van der Waals surface area contributed by atoms with E-state index in [1.165, 1.54) is 24.3 Å². The lowest BCUT2D eigenvalue weighted by molar-refractivity contribution is -0.129. The number of rotatable bonds is 8. The summed E-state index contributed by atoms with van der Waals surface area (Å²) in [7, 11) is -7.80. The lowest BCUT2D eigenvalue weighted by atomic mass is 9.92. The Kier molecular flexibility index (Phi) is 7.93. The average molecular weight is 653 g/mol. The van der Waals surface area contributed by atoms with Gasteiger partial charge in [-0.1, -0.05) is 41.5 Å². The molecule has 3 amide bonds. The van der Waals surface area contributed by atoms with E-state index < -0.39 is 37.5 Å². The third-order valence-corrected chi connectivity index (χ3v) is 12.7. The lowest BCUT2D eigenvalue weighted by Gasteiger charge is -2.30. The number of methoxy groups -OCH3 is 1. The van der Waals surface area contributed by atoms with Crippen molar-refractivity contribution in [3.05, 3.63) is 83.4 Å². The van der Waals surface area contributed by atoms with Gasteiger partial charge in [0.1, 0.15) is 5.54 Å². The van der Waals surface area contributed by atoms with E-state index in [9.17, 15) is 26.4 Å². The van der Waals surface area contributed by atoms with Gasteiger partial charge in [0.05, 0.1) is 23.0 Å². The fourth-order valence-electron chi connectivity index (χ4n) is 6.72. The fraction of sp³-hybridized carbons (Fsp3) is 0.394. The fourth-order valence-corrected chi connectivity index (χ4v) is 9.82. The molecule has 0 aromatic heterocycles. The first-order valence-electron chi connectivity index (χ1n) is 15.1. The zero-order chi connectivity index (χ0) is 32.1. The van der Waals surface area contributed by atoms with Crippen LogP contribution < -0.4 is 9.47 Å². The maximum atomic E-state index is 14.3. The number of benzene rings is 3. The van der Waals surface area contributed by atoms with E-state index in [0.29, 0.717) is 22.2 Å². The molecule has 2 unspecified atom stereocenters. The summed E-state index contributed by atoms with van der Waals surface area (Å²) in [6, 6.07) is 15.7. The molecule has 0 bridgehead atoms. The smallest absolute Gasteiger partial charge is 0.356 e. The zero-order valence-corrected chi connectivity index (χ0v) is 27.1. The largest absolute Gasteiger partial charge is 0.493 e. The van der Waals surface area contributed by atoms with E-state index >= 15 is 0 Å². The number of nitrogens with zero attached hydrogens (tertiary/aromatic N) is 2. The molecule has 10 nitrogen and oxygen atoms in total. The molecule has 3 aromatic carbocycles. The standard InChI is InChI=1S/C33H36N2O8S2/c1-22-8-13-27(14-9-22)44(38,39)34-31(36)33(35(32(34)37)45(40,41)28-15-10-23(2)11-16-28)19-18-25(21-33)24-12-17-29(42-3)30(20-24)43-26-6-4-5-7-26/h8-17,20,25-26H,4-7,18-19,21H2,1-3H3. The van der Waals surface area contributed by atoms with Crippen molar-refractivity contribution in [3.63, 3.8) is 0 Å². The van der Waals surface area contributed by atoms with Crippen molar-refractivity contribution in [2.24, 2.45) is 0 Å². The molecule has 1 spiro atoms. The summed E-state index contributed by atoms with van der Waals surface area (Å²) in [6.07, 6.45) is 4.32. The number of hydrogen-bond donors (Lipinski definition) is 0. The number of ether oxygens (including phenoxy) is 2. The van der Waals surface area contributed by atoms with Gasteiger partial charge in [0.2, 0.25) is 0 Å². The van der Waals surface area contributed by atoms with E-state index in [1.54, 1.807) is 51.3 Å². The molecule has 1 saturated heterocycles. The second kappa shape index (κ2) is 11.5. The van der Waals surface area contributed by atoms with Crippen molar-refractivity contribution < 1.29 is 35.9 Å². The summed E-state index contributed by atoms with van der Waals surface area (Å²) in [4.78, 5) is 27.9. The Hall–Kier alpha value is -3.90. The highest BCUT2D eigenvalue weighted by Gasteiger charge is 2.67. The van der Waals surface area contributed by atoms with Crippen LogP contribution >= 0.6 is 0 Å². The number of imide groups is 1. The van der Waals surface area contributed by atoms with Gasteiger partial charge < -0.3 is 9.47 Å². The maximum Gasteiger partial charge on any atom is 0.356 e. The van der Waals surface area contributed by atoms with Crippen LogP contribution in [-0.2, 0) is 24.8 Å². The highest BCUT2D eigenvalue weighted by atomic mass is 32.2. The number of carbonyl (C=O) groups is 2. The highest BCUT2D eigenvalue weighted by Crippen LogP contribution is 2.52. The van der Waals surface area contributed by atoms with Crippen LogP contribution in [0.15, 0.2) is 76.5 Å². The van der Waals surface area contributed by atoms with Gasteiger partial charge in [-0.2, -0.15) is 0 Å². The molecule has 6 rings (SSSR count). The normalized spacial score (nSPS) is 22.5. The first-order valence-corrected chi connectivity index (χ1v) is 17.9. The molecule has 2 aliphatic carbocycles. The van der Waals surface area contributed by atoms with E-state index in [2.05, 4.69) is 0 Å². The Morgan fingerprint density at radius 3 is 1.91 bits per heavy atom. The van der Waals surface area contributed by atoms with Gasteiger partial charge in [0, 0.05) is 0 Å². The summed E-state index contributed by atoms with van der Waals surface area (Å²) >= 11 is 0. The van der Waals surface area contributed by atoms with E-state index in [0.717, 1.165) is 42.4 Å². The topological polar surface area (TPSA) is 127 Å². The van der Waals surface area contributed by atoms with Crippen LogP contribution in [0, 0.1) is 13.8 Å². The maximum absolute atomic E-state index is 14.3. The molecule has 3 fully saturated rings. The first kappa shape index (κ1) is 31.1. The van der Waals surface area contributed by atoms with Crippen LogP contribution in [0.4, 0.5) is 4.79 Å². The Labute approximate surface area is 264 Å². The summed E-state index contributed by atoms with van der Waals surface area (Å²) < 4.78 is 68.5. The minimum absolute atomic E-state index is 0.0436. The van der Waals surface area contributed by atoms with Crippen LogP contribution in [0.2, 0.25) is 0 Å². The molecule has 238 valence electrons. The highest BCUT2D eigenvalue weighted by molar-refractivity contribution is 7.91. The molecular formula is C33H36N2O8S2. The predicted molar refractivity (Wildman–Crippen MR) is 166 cm³/mol. The molecule has 45 heavy (non-hydrogen) atoms. The van der Waals surface area contributed by atoms with Gasteiger partial charge in [0.25, 0.3) is 26.0 Å². The van der Waals surface area contributed by atoms with E-state index in [-0.39, 0.29) is 39.0 Å². The molecular weight excluding hydrogens is 617 g/mol. The van der Waals surface area contributed by atoms with Gasteiger partial charge in [0.15, 0.2) is 11.5 Å². The summed E-state index contributed by atoms with van der Waals surface area (Å²) in [5, 5.41) is 0. The molecule has 1 heterocycles. The Morgan fingerprint density at radius 2 is 1.33 bits per heavy atom. The van der Waals surface area contributed by atoms with Gasteiger partial charge in [-0.3, -0.25) is 4.79 Å². The summed E-state index contributed by atoms with van der Waals surface area (Å²) in [5.41, 5.74) is 0.429. The zero-order valence-electron chi connectivity index (χ0n) is 25.4. The SMILES string of the molecule is COc1ccc(C2CCC3(C2)C(=O)N(S(=O)(=O)c2ccc(C)cc2)C(=O)N3S(=O)(=O)c2ccc(C)cc2)cc1OC1CCCC1. The molecule has 2 saturated carbocycles. The minimum atomic E-state index is -4.72. The molecule has 3 aliphatic rings.